The Morgan fingerprint density at radius 1 is 1.25 bits per heavy atom. The van der Waals surface area contributed by atoms with Crippen molar-refractivity contribution >= 4 is 16.3 Å². The molecule has 4 heteroatoms. The third kappa shape index (κ3) is 3.18. The predicted octanol–water partition coefficient (Wildman–Crippen LogP) is 3.62. The Hall–Kier alpha value is -1.42. The molecule has 0 radical (unpaired) electrons. The van der Waals surface area contributed by atoms with Gasteiger partial charge < -0.3 is 4.90 Å². The zero-order valence-corrected chi connectivity index (χ0v) is 12.8. The van der Waals surface area contributed by atoms with Crippen LogP contribution in [0.2, 0.25) is 0 Å². The molecule has 1 aliphatic heterocycles. The molecule has 0 saturated carbocycles. The van der Waals surface area contributed by atoms with Crippen LogP contribution >= 0.6 is 11.3 Å². The molecule has 1 aliphatic rings. The molecule has 0 spiro atoms. The molecule has 106 valence electrons. The minimum absolute atomic E-state index is 1.08. The van der Waals surface area contributed by atoms with Crippen molar-refractivity contribution in [2.24, 2.45) is 0 Å². The SMILES string of the molecule is Cc1nc(CCCc2cccnc2)sc1N1CCCC1. The van der Waals surface area contributed by atoms with Crippen LogP contribution in [0.3, 0.4) is 0 Å². The Labute approximate surface area is 124 Å². The Kier molecular flexibility index (Phi) is 4.31. The molecule has 2 aromatic heterocycles. The molecule has 3 heterocycles. The van der Waals surface area contributed by atoms with Gasteiger partial charge in [-0.3, -0.25) is 4.98 Å². The van der Waals surface area contributed by atoms with Gasteiger partial charge in [-0.2, -0.15) is 0 Å². The lowest BCUT2D eigenvalue weighted by molar-refractivity contribution is 0.808. The van der Waals surface area contributed by atoms with Crippen LogP contribution in [0.25, 0.3) is 0 Å². The lowest BCUT2D eigenvalue weighted by Crippen LogP contribution is -2.16. The van der Waals surface area contributed by atoms with Crippen LogP contribution in [-0.4, -0.2) is 23.1 Å². The monoisotopic (exact) mass is 287 g/mol. The Balaban J connectivity index is 1.56. The van der Waals surface area contributed by atoms with E-state index in [9.17, 15) is 0 Å². The third-order valence-electron chi connectivity index (χ3n) is 3.79. The second kappa shape index (κ2) is 6.35. The van der Waals surface area contributed by atoms with E-state index in [0.717, 1.165) is 19.3 Å². The van der Waals surface area contributed by atoms with E-state index in [0.29, 0.717) is 0 Å². The second-order valence-electron chi connectivity index (χ2n) is 5.41. The molecule has 0 aliphatic carbocycles. The molecule has 3 rings (SSSR count). The molecule has 3 nitrogen and oxygen atoms in total. The first kappa shape index (κ1) is 13.6. The Morgan fingerprint density at radius 3 is 2.85 bits per heavy atom. The maximum Gasteiger partial charge on any atom is 0.114 e. The molecule has 2 aromatic rings. The van der Waals surface area contributed by atoms with Gasteiger partial charge in [0.15, 0.2) is 0 Å². The van der Waals surface area contributed by atoms with Crippen molar-refractivity contribution in [1.29, 1.82) is 0 Å². The fraction of sp³-hybridized carbons (Fsp3) is 0.500. The maximum absolute atomic E-state index is 4.75. The lowest BCUT2D eigenvalue weighted by Gasteiger charge is -2.14. The summed E-state index contributed by atoms with van der Waals surface area (Å²) in [6.45, 7) is 4.56. The summed E-state index contributed by atoms with van der Waals surface area (Å²) in [7, 11) is 0. The number of aromatic nitrogens is 2. The van der Waals surface area contributed by atoms with Crippen LogP contribution in [0.1, 0.15) is 35.5 Å². The average molecular weight is 287 g/mol. The van der Waals surface area contributed by atoms with Gasteiger partial charge in [-0.05, 0) is 50.7 Å². The van der Waals surface area contributed by atoms with E-state index in [1.807, 2.05) is 29.8 Å². The van der Waals surface area contributed by atoms with Crippen molar-refractivity contribution < 1.29 is 0 Å². The standard InChI is InChI=1S/C16H21N3S/c1-13-16(19-10-2-3-11-19)20-15(18-13)8-4-6-14-7-5-9-17-12-14/h5,7,9,12H,2-4,6,8,10-11H2,1H3. The normalized spacial score (nSPS) is 14.9. The number of anilines is 1. The first-order valence-electron chi connectivity index (χ1n) is 7.43. The average Bonchev–Trinajstić information content (AvgIpc) is 3.09. The van der Waals surface area contributed by atoms with Crippen molar-refractivity contribution in [2.45, 2.75) is 39.0 Å². The minimum atomic E-state index is 1.08. The largest absolute Gasteiger partial charge is 0.362 e. The Morgan fingerprint density at radius 2 is 2.10 bits per heavy atom. The fourth-order valence-electron chi connectivity index (χ4n) is 2.75. The number of rotatable bonds is 5. The lowest BCUT2D eigenvalue weighted by atomic mass is 10.1. The summed E-state index contributed by atoms with van der Waals surface area (Å²) in [5, 5.41) is 2.69. The van der Waals surface area contributed by atoms with Gasteiger partial charge in [0.25, 0.3) is 0 Å². The van der Waals surface area contributed by atoms with Crippen LogP contribution < -0.4 is 4.90 Å². The summed E-state index contributed by atoms with van der Waals surface area (Å²) in [6, 6.07) is 4.16. The van der Waals surface area contributed by atoms with Crippen LogP contribution in [0.15, 0.2) is 24.5 Å². The second-order valence-corrected chi connectivity index (χ2v) is 6.47. The summed E-state index contributed by atoms with van der Waals surface area (Å²) in [5.41, 5.74) is 2.54. The van der Waals surface area contributed by atoms with Gasteiger partial charge in [-0.25, -0.2) is 4.98 Å². The third-order valence-corrected chi connectivity index (χ3v) is 5.07. The van der Waals surface area contributed by atoms with E-state index in [2.05, 4.69) is 22.9 Å². The first-order chi connectivity index (χ1) is 9.83. The highest BCUT2D eigenvalue weighted by molar-refractivity contribution is 7.15. The summed E-state index contributed by atoms with van der Waals surface area (Å²) in [4.78, 5) is 11.4. The van der Waals surface area contributed by atoms with Crippen molar-refractivity contribution in [3.8, 4) is 0 Å². The van der Waals surface area contributed by atoms with Gasteiger partial charge in [-0.1, -0.05) is 6.07 Å². The first-order valence-corrected chi connectivity index (χ1v) is 8.25. The van der Waals surface area contributed by atoms with E-state index in [1.54, 1.807) is 0 Å². The molecule has 0 bridgehead atoms. The number of pyridine rings is 1. The summed E-state index contributed by atoms with van der Waals surface area (Å²) >= 11 is 1.89. The van der Waals surface area contributed by atoms with Gasteiger partial charge in [0.2, 0.25) is 0 Å². The van der Waals surface area contributed by atoms with Crippen molar-refractivity contribution in [2.75, 3.05) is 18.0 Å². The number of nitrogens with zero attached hydrogens (tertiary/aromatic N) is 3. The van der Waals surface area contributed by atoms with Crippen molar-refractivity contribution in [1.82, 2.24) is 9.97 Å². The van der Waals surface area contributed by atoms with Crippen LogP contribution in [-0.2, 0) is 12.8 Å². The van der Waals surface area contributed by atoms with Crippen LogP contribution in [0.5, 0.6) is 0 Å². The highest BCUT2D eigenvalue weighted by atomic mass is 32.1. The van der Waals surface area contributed by atoms with Gasteiger partial charge in [0, 0.05) is 25.5 Å². The molecule has 0 atom stereocenters. The van der Waals surface area contributed by atoms with E-state index in [1.165, 1.54) is 47.2 Å². The molecule has 20 heavy (non-hydrogen) atoms. The topological polar surface area (TPSA) is 29.0 Å². The molecule has 0 amide bonds. The van der Waals surface area contributed by atoms with Crippen molar-refractivity contribution in [3.05, 3.63) is 40.8 Å². The summed E-state index contributed by atoms with van der Waals surface area (Å²) in [5.74, 6) is 0. The fourth-order valence-corrected chi connectivity index (χ4v) is 3.91. The quantitative estimate of drug-likeness (QED) is 0.841. The van der Waals surface area contributed by atoms with E-state index >= 15 is 0 Å². The highest BCUT2D eigenvalue weighted by Crippen LogP contribution is 2.31. The molecular weight excluding hydrogens is 266 g/mol. The zero-order valence-electron chi connectivity index (χ0n) is 12.0. The number of hydrogen-bond acceptors (Lipinski definition) is 4. The van der Waals surface area contributed by atoms with Crippen molar-refractivity contribution in [3.63, 3.8) is 0 Å². The molecule has 1 saturated heterocycles. The highest BCUT2D eigenvalue weighted by Gasteiger charge is 2.18. The Bertz CT molecular complexity index is 544. The van der Waals surface area contributed by atoms with Gasteiger partial charge in [0.05, 0.1) is 10.7 Å². The van der Waals surface area contributed by atoms with E-state index in [-0.39, 0.29) is 0 Å². The van der Waals surface area contributed by atoms with Crippen LogP contribution in [0.4, 0.5) is 5.00 Å². The molecular formula is C16H21N3S. The van der Waals surface area contributed by atoms with Gasteiger partial charge >= 0.3 is 0 Å². The number of hydrogen-bond donors (Lipinski definition) is 0. The molecule has 0 unspecified atom stereocenters. The summed E-state index contributed by atoms with van der Waals surface area (Å²) < 4.78 is 0. The zero-order chi connectivity index (χ0) is 13.8. The van der Waals surface area contributed by atoms with Gasteiger partial charge in [-0.15, -0.1) is 11.3 Å². The molecule has 0 N–H and O–H groups in total. The van der Waals surface area contributed by atoms with Gasteiger partial charge in [0.1, 0.15) is 5.00 Å². The number of aryl methyl sites for hydroxylation is 3. The molecule has 1 fully saturated rings. The minimum Gasteiger partial charge on any atom is -0.362 e. The van der Waals surface area contributed by atoms with Crippen LogP contribution in [0, 0.1) is 6.92 Å². The predicted molar refractivity (Wildman–Crippen MR) is 84.6 cm³/mol. The van der Waals surface area contributed by atoms with E-state index < -0.39 is 0 Å². The smallest absolute Gasteiger partial charge is 0.114 e. The summed E-state index contributed by atoms with van der Waals surface area (Å²) in [6.07, 6.45) is 9.76. The maximum atomic E-state index is 4.75. The van der Waals surface area contributed by atoms with E-state index in [4.69, 9.17) is 4.98 Å². The number of thiazole rings is 1. The molecule has 0 aromatic carbocycles.